The summed E-state index contributed by atoms with van der Waals surface area (Å²) in [7, 11) is 3.65. The van der Waals surface area contributed by atoms with Gasteiger partial charge < -0.3 is 14.5 Å². The van der Waals surface area contributed by atoms with Crippen LogP contribution in [0.25, 0.3) is 0 Å². The molecule has 1 fully saturated rings. The van der Waals surface area contributed by atoms with Gasteiger partial charge in [-0.25, -0.2) is 4.79 Å². The molecule has 0 N–H and O–H groups in total. The SMILES string of the molecule is CCN(c1cc(Cl)cc(C(=O)OC)c1C)C1CCC(N(C)CCc2cccnc2)CC1. The first-order valence-corrected chi connectivity index (χ1v) is 11.6. The molecule has 5 nitrogen and oxygen atoms in total. The van der Waals surface area contributed by atoms with E-state index >= 15 is 0 Å². The molecule has 1 heterocycles. The van der Waals surface area contributed by atoms with Crippen molar-refractivity contribution in [3.8, 4) is 0 Å². The summed E-state index contributed by atoms with van der Waals surface area (Å²) in [6.45, 7) is 6.09. The molecule has 0 unspecified atom stereocenters. The fourth-order valence-corrected chi connectivity index (χ4v) is 4.97. The Balaban J connectivity index is 1.64. The van der Waals surface area contributed by atoms with E-state index in [1.165, 1.54) is 25.5 Å². The van der Waals surface area contributed by atoms with Gasteiger partial charge in [0.05, 0.1) is 12.7 Å². The second-order valence-corrected chi connectivity index (χ2v) is 8.87. The highest BCUT2D eigenvalue weighted by Crippen LogP contribution is 2.34. The summed E-state index contributed by atoms with van der Waals surface area (Å²) in [4.78, 5) is 21.3. The van der Waals surface area contributed by atoms with E-state index in [0.717, 1.165) is 43.6 Å². The molecule has 0 radical (unpaired) electrons. The van der Waals surface area contributed by atoms with Crippen molar-refractivity contribution in [3.05, 3.63) is 58.4 Å². The first-order valence-electron chi connectivity index (χ1n) is 11.2. The van der Waals surface area contributed by atoms with Crippen molar-refractivity contribution in [1.29, 1.82) is 0 Å². The number of pyridine rings is 1. The van der Waals surface area contributed by atoms with E-state index in [4.69, 9.17) is 16.3 Å². The van der Waals surface area contributed by atoms with Crippen molar-refractivity contribution in [2.24, 2.45) is 0 Å². The fourth-order valence-electron chi connectivity index (χ4n) is 4.75. The molecule has 0 bridgehead atoms. The molecule has 2 aromatic rings. The highest BCUT2D eigenvalue weighted by molar-refractivity contribution is 6.31. The third-order valence-corrected chi connectivity index (χ3v) is 6.83. The van der Waals surface area contributed by atoms with Crippen molar-refractivity contribution in [2.45, 2.75) is 58.0 Å². The number of carbonyl (C=O) groups is 1. The second-order valence-electron chi connectivity index (χ2n) is 8.43. The smallest absolute Gasteiger partial charge is 0.338 e. The largest absolute Gasteiger partial charge is 0.465 e. The summed E-state index contributed by atoms with van der Waals surface area (Å²) >= 11 is 6.37. The van der Waals surface area contributed by atoms with Crippen molar-refractivity contribution >= 4 is 23.3 Å². The predicted octanol–water partition coefficient (Wildman–Crippen LogP) is 5.14. The van der Waals surface area contributed by atoms with Gasteiger partial charge in [-0.3, -0.25) is 4.98 Å². The van der Waals surface area contributed by atoms with Gasteiger partial charge in [-0.15, -0.1) is 0 Å². The number of carbonyl (C=O) groups excluding carboxylic acids is 1. The highest BCUT2D eigenvalue weighted by Gasteiger charge is 2.29. The molecule has 3 rings (SSSR count). The minimum absolute atomic E-state index is 0.337. The maximum Gasteiger partial charge on any atom is 0.338 e. The lowest BCUT2D eigenvalue weighted by molar-refractivity contribution is 0.0600. The third kappa shape index (κ3) is 5.78. The Morgan fingerprint density at radius 3 is 2.55 bits per heavy atom. The van der Waals surface area contributed by atoms with E-state index in [1.807, 2.05) is 31.5 Å². The Bertz CT molecular complexity index is 867. The van der Waals surface area contributed by atoms with Crippen molar-refractivity contribution in [1.82, 2.24) is 9.88 Å². The van der Waals surface area contributed by atoms with Crippen LogP contribution in [-0.4, -0.2) is 55.2 Å². The summed E-state index contributed by atoms with van der Waals surface area (Å²) in [6.07, 6.45) is 9.43. The zero-order valence-corrected chi connectivity index (χ0v) is 19.9. The van der Waals surface area contributed by atoms with Crippen LogP contribution in [0.2, 0.25) is 5.02 Å². The number of hydrogen-bond donors (Lipinski definition) is 0. The molecule has 168 valence electrons. The molecule has 1 aliphatic rings. The number of aromatic nitrogens is 1. The fraction of sp³-hybridized carbons (Fsp3) is 0.520. The summed E-state index contributed by atoms with van der Waals surface area (Å²) in [5, 5.41) is 0.572. The van der Waals surface area contributed by atoms with E-state index in [0.29, 0.717) is 22.7 Å². The van der Waals surface area contributed by atoms with Gasteiger partial charge in [-0.2, -0.15) is 0 Å². The lowest BCUT2D eigenvalue weighted by atomic mass is 9.88. The normalized spacial score (nSPS) is 18.8. The van der Waals surface area contributed by atoms with Crippen LogP contribution >= 0.6 is 11.6 Å². The number of anilines is 1. The van der Waals surface area contributed by atoms with Gasteiger partial charge in [0.25, 0.3) is 0 Å². The number of benzene rings is 1. The molecule has 0 aliphatic heterocycles. The Morgan fingerprint density at radius 2 is 1.94 bits per heavy atom. The van der Waals surface area contributed by atoms with E-state index in [-0.39, 0.29) is 5.97 Å². The van der Waals surface area contributed by atoms with E-state index in [1.54, 1.807) is 6.07 Å². The molecule has 0 atom stereocenters. The average Bonchev–Trinajstić information content (AvgIpc) is 2.80. The molecular formula is C25H34ClN3O2. The molecule has 0 saturated heterocycles. The monoisotopic (exact) mass is 443 g/mol. The van der Waals surface area contributed by atoms with Gasteiger partial charge in [0, 0.05) is 48.3 Å². The summed E-state index contributed by atoms with van der Waals surface area (Å²) in [5.41, 5.74) is 3.82. The molecule has 1 aromatic carbocycles. The van der Waals surface area contributed by atoms with E-state index in [9.17, 15) is 4.79 Å². The molecule has 1 aromatic heterocycles. The third-order valence-electron chi connectivity index (χ3n) is 6.61. The maximum atomic E-state index is 12.2. The quantitative estimate of drug-likeness (QED) is 0.528. The first kappa shape index (κ1) is 23.6. The minimum Gasteiger partial charge on any atom is -0.465 e. The summed E-state index contributed by atoms with van der Waals surface area (Å²) in [6, 6.07) is 8.90. The molecule has 1 aliphatic carbocycles. The topological polar surface area (TPSA) is 45.7 Å². The Kier molecular flexibility index (Phi) is 8.33. The number of ether oxygens (including phenoxy) is 1. The number of nitrogens with zero attached hydrogens (tertiary/aromatic N) is 3. The number of rotatable bonds is 8. The molecule has 31 heavy (non-hydrogen) atoms. The van der Waals surface area contributed by atoms with Crippen LogP contribution in [0.5, 0.6) is 0 Å². The highest BCUT2D eigenvalue weighted by atomic mass is 35.5. The first-order chi connectivity index (χ1) is 14.9. The lowest BCUT2D eigenvalue weighted by Crippen LogP contribution is -2.44. The van der Waals surface area contributed by atoms with Crippen LogP contribution in [-0.2, 0) is 11.2 Å². The van der Waals surface area contributed by atoms with Gasteiger partial charge in [-0.05, 0) is 82.3 Å². The van der Waals surface area contributed by atoms with Crippen molar-refractivity contribution in [3.63, 3.8) is 0 Å². The Hall–Kier alpha value is -2.11. The predicted molar refractivity (Wildman–Crippen MR) is 127 cm³/mol. The number of methoxy groups -OCH3 is 1. The molecule has 6 heteroatoms. The number of esters is 1. The van der Waals surface area contributed by atoms with E-state index < -0.39 is 0 Å². The van der Waals surface area contributed by atoms with Crippen LogP contribution in [0.3, 0.4) is 0 Å². The van der Waals surface area contributed by atoms with Crippen LogP contribution in [0.1, 0.15) is 54.1 Å². The Morgan fingerprint density at radius 1 is 1.23 bits per heavy atom. The zero-order valence-electron chi connectivity index (χ0n) is 19.1. The van der Waals surface area contributed by atoms with Crippen molar-refractivity contribution < 1.29 is 9.53 Å². The molecule has 0 spiro atoms. The van der Waals surface area contributed by atoms with Gasteiger partial charge >= 0.3 is 5.97 Å². The van der Waals surface area contributed by atoms with Crippen LogP contribution < -0.4 is 4.90 Å². The zero-order chi connectivity index (χ0) is 22.4. The average molecular weight is 444 g/mol. The standard InChI is InChI=1S/C25H34ClN3O2/c1-5-29(24-16-20(26)15-23(18(24)2)25(30)31-4)22-10-8-21(9-11-22)28(3)14-12-19-7-6-13-27-17-19/h6-7,13,15-17,21-22H,5,8-12,14H2,1-4H3. The van der Waals surface area contributed by atoms with Crippen LogP contribution in [0.4, 0.5) is 5.69 Å². The Labute approximate surface area is 191 Å². The summed E-state index contributed by atoms with van der Waals surface area (Å²) in [5.74, 6) is -0.337. The van der Waals surface area contributed by atoms with Gasteiger partial charge in [0.2, 0.25) is 0 Å². The molecule has 0 amide bonds. The van der Waals surface area contributed by atoms with Crippen molar-refractivity contribution in [2.75, 3.05) is 32.1 Å². The summed E-state index contributed by atoms with van der Waals surface area (Å²) < 4.78 is 4.96. The van der Waals surface area contributed by atoms with Gasteiger partial charge in [0.15, 0.2) is 0 Å². The minimum atomic E-state index is -0.337. The number of halogens is 1. The van der Waals surface area contributed by atoms with Crippen LogP contribution in [0, 0.1) is 6.92 Å². The molecular weight excluding hydrogens is 410 g/mol. The van der Waals surface area contributed by atoms with Gasteiger partial charge in [-0.1, -0.05) is 17.7 Å². The van der Waals surface area contributed by atoms with E-state index in [2.05, 4.69) is 34.8 Å². The number of hydrogen-bond acceptors (Lipinski definition) is 5. The van der Waals surface area contributed by atoms with Gasteiger partial charge in [0.1, 0.15) is 0 Å². The second kappa shape index (κ2) is 11.0. The lowest BCUT2D eigenvalue weighted by Gasteiger charge is -2.41. The number of likely N-dealkylation sites (N-methyl/N-ethyl adjacent to an activating group) is 1. The van der Waals surface area contributed by atoms with Crippen LogP contribution in [0.15, 0.2) is 36.7 Å². The maximum absolute atomic E-state index is 12.2. The molecule has 1 saturated carbocycles.